The van der Waals surface area contributed by atoms with Gasteiger partial charge in [0.15, 0.2) is 6.10 Å². The number of nitrogens with one attached hydrogen (secondary N) is 1. The molecule has 0 radical (unpaired) electrons. The molecule has 6 heteroatoms. The van der Waals surface area contributed by atoms with Gasteiger partial charge in [0.1, 0.15) is 11.5 Å². The number of hydrogen-bond donors (Lipinski definition) is 1. The molecule has 1 unspecified atom stereocenters. The van der Waals surface area contributed by atoms with Gasteiger partial charge in [0, 0.05) is 17.4 Å². The van der Waals surface area contributed by atoms with Crippen molar-refractivity contribution in [1.29, 1.82) is 0 Å². The summed E-state index contributed by atoms with van der Waals surface area (Å²) in [5.74, 6) is 2.31. The lowest BCUT2D eigenvalue weighted by atomic mass is 9.90. The third-order valence-corrected chi connectivity index (χ3v) is 6.66. The van der Waals surface area contributed by atoms with Crippen LogP contribution in [0.5, 0.6) is 11.5 Å². The molecular formula is C23H27BrN2O3. The Morgan fingerprint density at radius 3 is 2.79 bits per heavy atom. The largest absolute Gasteiger partial charge is 0.497 e. The lowest BCUT2D eigenvalue weighted by Crippen LogP contribution is -2.41. The first-order valence-corrected chi connectivity index (χ1v) is 11.0. The van der Waals surface area contributed by atoms with E-state index in [1.54, 1.807) is 7.11 Å². The third-order valence-electron chi connectivity index (χ3n) is 5.88. The van der Waals surface area contributed by atoms with Gasteiger partial charge in [0.25, 0.3) is 5.91 Å². The summed E-state index contributed by atoms with van der Waals surface area (Å²) in [7, 11) is 1.71. The number of piperidine rings is 1. The third kappa shape index (κ3) is 4.93. The number of para-hydroxylation sites is 2. The van der Waals surface area contributed by atoms with Gasteiger partial charge in [-0.1, -0.05) is 28.1 Å². The number of methoxy groups -OCH3 is 1. The summed E-state index contributed by atoms with van der Waals surface area (Å²) in [5, 5.41) is 2.95. The molecule has 0 bridgehead atoms. The monoisotopic (exact) mass is 458 g/mol. The Morgan fingerprint density at radius 2 is 2.00 bits per heavy atom. The van der Waals surface area contributed by atoms with Crippen molar-refractivity contribution in [3.63, 3.8) is 0 Å². The quantitative estimate of drug-likeness (QED) is 0.691. The molecule has 0 saturated carbocycles. The Labute approximate surface area is 180 Å². The second-order valence-corrected chi connectivity index (χ2v) is 8.68. The van der Waals surface area contributed by atoms with Gasteiger partial charge in [0.2, 0.25) is 0 Å². The predicted molar refractivity (Wildman–Crippen MR) is 118 cm³/mol. The van der Waals surface area contributed by atoms with Crippen LogP contribution in [0.1, 0.15) is 24.8 Å². The Morgan fingerprint density at radius 1 is 1.21 bits per heavy atom. The number of halogens is 1. The molecule has 2 aromatic carbocycles. The molecule has 5 nitrogen and oxygen atoms in total. The Kier molecular flexibility index (Phi) is 6.40. The first kappa shape index (κ1) is 20.2. The number of carbonyl (C=O) groups is 1. The average Bonchev–Trinajstić information content (AvgIpc) is 2.75. The molecule has 1 amide bonds. The number of fused-ring (bicyclic) bond motifs is 1. The van der Waals surface area contributed by atoms with Gasteiger partial charge < -0.3 is 19.7 Å². The van der Waals surface area contributed by atoms with Crippen LogP contribution in [0.2, 0.25) is 0 Å². The van der Waals surface area contributed by atoms with Gasteiger partial charge in [-0.25, -0.2) is 0 Å². The molecule has 1 fully saturated rings. The molecule has 1 N–H and O–H groups in total. The maximum Gasteiger partial charge on any atom is 0.265 e. The smallest absolute Gasteiger partial charge is 0.265 e. The molecule has 2 aliphatic heterocycles. The topological polar surface area (TPSA) is 50.8 Å². The summed E-state index contributed by atoms with van der Waals surface area (Å²) in [6.45, 7) is 3.02. The van der Waals surface area contributed by atoms with Crippen molar-refractivity contribution < 1.29 is 14.3 Å². The van der Waals surface area contributed by atoms with Crippen LogP contribution < -0.4 is 14.8 Å². The zero-order valence-electron chi connectivity index (χ0n) is 16.7. The summed E-state index contributed by atoms with van der Waals surface area (Å²) >= 11 is 3.67. The van der Waals surface area contributed by atoms with Crippen molar-refractivity contribution in [3.05, 3.63) is 52.5 Å². The molecule has 2 aromatic rings. The fraction of sp³-hybridized carbons (Fsp3) is 0.435. The number of anilines is 1. The number of ether oxygens (including phenoxy) is 2. The molecule has 0 aromatic heterocycles. The van der Waals surface area contributed by atoms with Gasteiger partial charge in [-0.15, -0.1) is 0 Å². The number of hydrogen-bond acceptors (Lipinski definition) is 4. The highest BCUT2D eigenvalue weighted by molar-refractivity contribution is 9.10. The van der Waals surface area contributed by atoms with Crippen molar-refractivity contribution in [3.8, 4) is 11.5 Å². The number of likely N-dealkylation sites (tertiary alicyclic amines) is 1. The van der Waals surface area contributed by atoms with Gasteiger partial charge in [0.05, 0.1) is 12.8 Å². The van der Waals surface area contributed by atoms with E-state index in [9.17, 15) is 4.79 Å². The van der Waals surface area contributed by atoms with E-state index >= 15 is 0 Å². The first-order chi connectivity index (χ1) is 14.1. The molecule has 0 aliphatic carbocycles. The minimum Gasteiger partial charge on any atom is -0.497 e. The van der Waals surface area contributed by atoms with Crippen LogP contribution >= 0.6 is 15.9 Å². The number of benzene rings is 2. The Hall–Kier alpha value is -2.05. The number of nitrogens with zero attached hydrogens (tertiary/aromatic N) is 1. The van der Waals surface area contributed by atoms with Gasteiger partial charge in [-0.3, -0.25) is 4.79 Å². The molecule has 4 rings (SSSR count). The molecule has 1 saturated heterocycles. The van der Waals surface area contributed by atoms with E-state index in [4.69, 9.17) is 9.47 Å². The Balaban J connectivity index is 1.25. The van der Waals surface area contributed by atoms with Crippen LogP contribution in [0.25, 0.3) is 0 Å². The number of amides is 1. The SMILES string of the molecule is COc1ccc(Br)c(CC2CCN(CCC3Oc4ccccc4NC3=O)CC2)c1. The van der Waals surface area contributed by atoms with Crippen molar-refractivity contribution in [2.75, 3.05) is 32.1 Å². The highest BCUT2D eigenvalue weighted by atomic mass is 79.9. The zero-order chi connectivity index (χ0) is 20.2. The maximum atomic E-state index is 12.3. The molecular weight excluding hydrogens is 432 g/mol. The standard InChI is InChI=1S/C23H27BrN2O3/c1-28-18-6-7-19(24)17(15-18)14-16-8-11-26(12-9-16)13-10-22-23(27)25-20-4-2-3-5-21(20)29-22/h2-7,15-16,22H,8-14H2,1H3,(H,25,27). The van der Waals surface area contributed by atoms with Crippen molar-refractivity contribution in [1.82, 2.24) is 4.90 Å². The minimum atomic E-state index is -0.407. The van der Waals surface area contributed by atoms with Crippen LogP contribution in [0.3, 0.4) is 0 Å². The van der Waals surface area contributed by atoms with E-state index < -0.39 is 6.10 Å². The summed E-state index contributed by atoms with van der Waals surface area (Å²) in [5.41, 5.74) is 2.08. The van der Waals surface area contributed by atoms with E-state index in [0.29, 0.717) is 12.3 Å². The van der Waals surface area contributed by atoms with Gasteiger partial charge in [-0.2, -0.15) is 0 Å². The van der Waals surface area contributed by atoms with Crippen molar-refractivity contribution >= 4 is 27.5 Å². The van der Waals surface area contributed by atoms with E-state index in [-0.39, 0.29) is 5.91 Å². The van der Waals surface area contributed by atoms with Gasteiger partial charge in [-0.05, 0) is 74.2 Å². The lowest BCUT2D eigenvalue weighted by molar-refractivity contribution is -0.124. The van der Waals surface area contributed by atoms with Crippen LogP contribution in [0.15, 0.2) is 46.9 Å². The maximum absolute atomic E-state index is 12.3. The second kappa shape index (κ2) is 9.18. The molecule has 2 aliphatic rings. The number of rotatable bonds is 6. The van der Waals surface area contributed by atoms with Crippen molar-refractivity contribution in [2.45, 2.75) is 31.8 Å². The first-order valence-electron chi connectivity index (χ1n) is 10.2. The molecule has 2 heterocycles. The highest BCUT2D eigenvalue weighted by Gasteiger charge is 2.28. The van der Waals surface area contributed by atoms with E-state index in [2.05, 4.69) is 38.3 Å². The van der Waals surface area contributed by atoms with E-state index in [1.807, 2.05) is 30.3 Å². The number of carbonyl (C=O) groups excluding carboxylic acids is 1. The van der Waals surface area contributed by atoms with Crippen molar-refractivity contribution in [2.24, 2.45) is 5.92 Å². The van der Waals surface area contributed by atoms with Crippen LogP contribution in [0, 0.1) is 5.92 Å². The zero-order valence-corrected chi connectivity index (χ0v) is 18.3. The highest BCUT2D eigenvalue weighted by Crippen LogP contribution is 2.31. The fourth-order valence-electron chi connectivity index (χ4n) is 4.14. The molecule has 0 spiro atoms. The predicted octanol–water partition coefficient (Wildman–Crippen LogP) is 4.50. The summed E-state index contributed by atoms with van der Waals surface area (Å²) in [4.78, 5) is 14.8. The average molecular weight is 459 g/mol. The fourth-order valence-corrected chi connectivity index (χ4v) is 4.55. The van der Waals surface area contributed by atoms with Crippen LogP contribution in [-0.4, -0.2) is 43.7 Å². The lowest BCUT2D eigenvalue weighted by Gasteiger charge is -2.33. The van der Waals surface area contributed by atoms with E-state index in [1.165, 1.54) is 18.4 Å². The summed E-state index contributed by atoms with van der Waals surface area (Å²) < 4.78 is 12.4. The van der Waals surface area contributed by atoms with Crippen LogP contribution in [0.4, 0.5) is 5.69 Å². The minimum absolute atomic E-state index is 0.0403. The molecule has 29 heavy (non-hydrogen) atoms. The van der Waals surface area contributed by atoms with E-state index in [0.717, 1.165) is 47.7 Å². The van der Waals surface area contributed by atoms with Gasteiger partial charge >= 0.3 is 0 Å². The van der Waals surface area contributed by atoms with Crippen LogP contribution in [-0.2, 0) is 11.2 Å². The summed E-state index contributed by atoms with van der Waals surface area (Å²) in [6.07, 6.45) is 3.72. The summed E-state index contributed by atoms with van der Waals surface area (Å²) in [6, 6.07) is 13.8. The Bertz CT molecular complexity index is 865. The molecule has 154 valence electrons. The second-order valence-electron chi connectivity index (χ2n) is 7.83. The normalized spacial score (nSPS) is 19.9. The molecule has 1 atom stereocenters.